The van der Waals surface area contributed by atoms with Crippen molar-refractivity contribution >= 4 is 24.2 Å². The van der Waals surface area contributed by atoms with Crippen LogP contribution in [0.3, 0.4) is 0 Å². The largest absolute Gasteiger partial charge is 0.339 e. The molecule has 2 amide bonds. The minimum absolute atomic E-state index is 0. The van der Waals surface area contributed by atoms with Crippen LogP contribution in [0.1, 0.15) is 10.4 Å². The van der Waals surface area contributed by atoms with Crippen molar-refractivity contribution in [3.8, 4) is 0 Å². The Morgan fingerprint density at radius 3 is 2.27 bits per heavy atom. The lowest BCUT2D eigenvalue weighted by Crippen LogP contribution is -2.57. The minimum atomic E-state index is -0.410. The molecule has 2 saturated heterocycles. The summed E-state index contributed by atoms with van der Waals surface area (Å²) in [6.07, 6.45) is 0. The number of hydrogen-bond acceptors (Lipinski definition) is 3. The van der Waals surface area contributed by atoms with Crippen LogP contribution in [0.5, 0.6) is 0 Å². The summed E-state index contributed by atoms with van der Waals surface area (Å²) in [7, 11) is 0. The van der Waals surface area contributed by atoms with E-state index in [-0.39, 0.29) is 30.1 Å². The summed E-state index contributed by atoms with van der Waals surface area (Å²) in [5, 5.41) is 3.09. The molecule has 2 heterocycles. The first-order valence-corrected chi connectivity index (χ1v) is 7.19. The molecule has 1 N–H and O–H groups in total. The lowest BCUT2D eigenvalue weighted by atomic mass is 10.0. The van der Waals surface area contributed by atoms with E-state index in [0.717, 1.165) is 13.1 Å². The Labute approximate surface area is 134 Å². The predicted molar refractivity (Wildman–Crippen MR) is 82.5 cm³/mol. The standard InChI is InChI=1S/C15H18FN3O2.ClH/c16-13-3-1-2-11(8-13)14(20)18-4-6-19(7-5-18)15(21)12-9-17-10-12;/h1-3,8,12,17H,4-7,9-10H2;1H. The van der Waals surface area contributed by atoms with Gasteiger partial charge in [-0.15, -0.1) is 12.4 Å². The SMILES string of the molecule is Cl.O=C(c1cccc(F)c1)N1CCN(C(=O)C2CNC2)CC1. The first-order chi connectivity index (χ1) is 10.1. The van der Waals surface area contributed by atoms with Gasteiger partial charge in [0.05, 0.1) is 5.92 Å². The highest BCUT2D eigenvalue weighted by atomic mass is 35.5. The van der Waals surface area contributed by atoms with E-state index in [4.69, 9.17) is 0 Å². The minimum Gasteiger partial charge on any atom is -0.339 e. The number of amides is 2. The summed E-state index contributed by atoms with van der Waals surface area (Å²) in [6, 6.07) is 5.72. The van der Waals surface area contributed by atoms with Crippen molar-refractivity contribution in [3.05, 3.63) is 35.6 Å². The molecule has 0 saturated carbocycles. The maximum absolute atomic E-state index is 13.2. The van der Waals surface area contributed by atoms with Crippen molar-refractivity contribution < 1.29 is 14.0 Å². The van der Waals surface area contributed by atoms with Gasteiger partial charge in [-0.3, -0.25) is 9.59 Å². The Hall–Kier alpha value is -1.66. The number of carbonyl (C=O) groups excluding carboxylic acids is 2. The Morgan fingerprint density at radius 2 is 1.73 bits per heavy atom. The Kier molecular flexibility index (Phi) is 5.37. The second-order valence-corrected chi connectivity index (χ2v) is 5.48. The predicted octanol–water partition coefficient (Wildman–Crippen LogP) is 0.751. The monoisotopic (exact) mass is 327 g/mol. The third-order valence-electron chi connectivity index (χ3n) is 4.08. The molecule has 0 unspecified atom stereocenters. The lowest BCUT2D eigenvalue weighted by molar-refractivity contribution is -0.138. The number of piperazine rings is 1. The average Bonchev–Trinajstić information content (AvgIpc) is 2.45. The van der Waals surface area contributed by atoms with Crippen molar-refractivity contribution in [3.63, 3.8) is 0 Å². The number of hydrogen-bond donors (Lipinski definition) is 1. The van der Waals surface area contributed by atoms with Gasteiger partial charge in [0.15, 0.2) is 0 Å². The fourth-order valence-electron chi connectivity index (χ4n) is 2.66. The number of rotatable bonds is 2. The maximum Gasteiger partial charge on any atom is 0.254 e. The van der Waals surface area contributed by atoms with Crippen LogP contribution in [0.25, 0.3) is 0 Å². The molecule has 0 aliphatic carbocycles. The second-order valence-electron chi connectivity index (χ2n) is 5.48. The third-order valence-corrected chi connectivity index (χ3v) is 4.08. The van der Waals surface area contributed by atoms with E-state index < -0.39 is 5.82 Å². The molecule has 2 aliphatic heterocycles. The lowest BCUT2D eigenvalue weighted by Gasteiger charge is -2.38. The molecule has 120 valence electrons. The van der Waals surface area contributed by atoms with E-state index in [9.17, 15) is 14.0 Å². The smallest absolute Gasteiger partial charge is 0.254 e. The van der Waals surface area contributed by atoms with E-state index in [1.54, 1.807) is 11.0 Å². The van der Waals surface area contributed by atoms with Crippen molar-refractivity contribution in [1.29, 1.82) is 0 Å². The molecular formula is C15H19ClFN3O2. The Morgan fingerprint density at radius 1 is 1.09 bits per heavy atom. The summed E-state index contributed by atoms with van der Waals surface area (Å²) in [5.74, 6) is -0.318. The molecule has 22 heavy (non-hydrogen) atoms. The zero-order valence-corrected chi connectivity index (χ0v) is 12.9. The van der Waals surface area contributed by atoms with Crippen LogP contribution in [0.2, 0.25) is 0 Å². The van der Waals surface area contributed by atoms with Crippen LogP contribution in [-0.2, 0) is 4.79 Å². The molecular weight excluding hydrogens is 309 g/mol. The summed E-state index contributed by atoms with van der Waals surface area (Å²) < 4.78 is 13.2. The van der Waals surface area contributed by atoms with Crippen molar-refractivity contribution in [1.82, 2.24) is 15.1 Å². The van der Waals surface area contributed by atoms with Crippen molar-refractivity contribution in [2.24, 2.45) is 5.92 Å². The number of nitrogens with zero attached hydrogens (tertiary/aromatic N) is 2. The molecule has 1 aromatic rings. The van der Waals surface area contributed by atoms with Crippen LogP contribution >= 0.6 is 12.4 Å². The van der Waals surface area contributed by atoms with Crippen LogP contribution in [0, 0.1) is 11.7 Å². The van der Waals surface area contributed by atoms with Gasteiger partial charge >= 0.3 is 0 Å². The fraction of sp³-hybridized carbons (Fsp3) is 0.467. The van der Waals surface area contributed by atoms with E-state index in [0.29, 0.717) is 31.7 Å². The van der Waals surface area contributed by atoms with E-state index in [1.807, 2.05) is 4.90 Å². The van der Waals surface area contributed by atoms with Gasteiger partial charge in [0.25, 0.3) is 5.91 Å². The number of benzene rings is 1. The molecule has 0 radical (unpaired) electrons. The van der Waals surface area contributed by atoms with Crippen LogP contribution in [0.4, 0.5) is 4.39 Å². The third kappa shape index (κ3) is 3.39. The van der Waals surface area contributed by atoms with Gasteiger partial charge in [-0.1, -0.05) is 6.07 Å². The average molecular weight is 328 g/mol. The Bertz CT molecular complexity index is 557. The molecule has 0 bridgehead atoms. The van der Waals surface area contributed by atoms with E-state index in [1.165, 1.54) is 18.2 Å². The fourth-order valence-corrected chi connectivity index (χ4v) is 2.66. The normalized spacial score (nSPS) is 18.4. The number of nitrogens with one attached hydrogen (secondary N) is 1. The van der Waals surface area contributed by atoms with Crippen molar-refractivity contribution in [2.45, 2.75) is 0 Å². The van der Waals surface area contributed by atoms with Gasteiger partial charge in [-0.2, -0.15) is 0 Å². The summed E-state index contributed by atoms with van der Waals surface area (Å²) in [4.78, 5) is 27.9. The molecule has 2 aliphatic rings. The van der Waals surface area contributed by atoms with Crippen LogP contribution in [0.15, 0.2) is 24.3 Å². The zero-order chi connectivity index (χ0) is 14.8. The van der Waals surface area contributed by atoms with Gasteiger partial charge in [0.1, 0.15) is 5.82 Å². The summed E-state index contributed by atoms with van der Waals surface area (Å²) >= 11 is 0. The molecule has 0 aromatic heterocycles. The zero-order valence-electron chi connectivity index (χ0n) is 12.1. The van der Waals surface area contributed by atoms with Gasteiger partial charge in [-0.05, 0) is 18.2 Å². The number of halogens is 2. The van der Waals surface area contributed by atoms with Gasteiger partial charge in [0, 0.05) is 44.8 Å². The quantitative estimate of drug-likeness (QED) is 0.872. The van der Waals surface area contributed by atoms with E-state index >= 15 is 0 Å². The highest BCUT2D eigenvalue weighted by Gasteiger charge is 2.32. The topological polar surface area (TPSA) is 52.7 Å². The summed E-state index contributed by atoms with van der Waals surface area (Å²) in [6.45, 7) is 3.61. The molecule has 1 aromatic carbocycles. The highest BCUT2D eigenvalue weighted by molar-refractivity contribution is 5.94. The Balaban J connectivity index is 0.00000176. The molecule has 3 rings (SSSR count). The molecule has 0 atom stereocenters. The molecule has 5 nitrogen and oxygen atoms in total. The van der Waals surface area contributed by atoms with Gasteiger partial charge < -0.3 is 15.1 Å². The van der Waals surface area contributed by atoms with Gasteiger partial charge in [-0.25, -0.2) is 4.39 Å². The van der Waals surface area contributed by atoms with Crippen LogP contribution < -0.4 is 5.32 Å². The first-order valence-electron chi connectivity index (χ1n) is 7.19. The van der Waals surface area contributed by atoms with Gasteiger partial charge in [0.2, 0.25) is 5.91 Å². The molecule has 0 spiro atoms. The number of carbonyl (C=O) groups is 2. The molecule has 2 fully saturated rings. The molecule has 7 heteroatoms. The first kappa shape index (κ1) is 16.7. The van der Waals surface area contributed by atoms with E-state index in [2.05, 4.69) is 5.32 Å². The summed E-state index contributed by atoms with van der Waals surface area (Å²) in [5.41, 5.74) is 0.359. The van der Waals surface area contributed by atoms with Crippen LogP contribution in [-0.4, -0.2) is 60.9 Å². The van der Waals surface area contributed by atoms with Crippen molar-refractivity contribution in [2.75, 3.05) is 39.3 Å². The highest BCUT2D eigenvalue weighted by Crippen LogP contribution is 2.13. The second kappa shape index (κ2) is 7.07. The maximum atomic E-state index is 13.2.